The van der Waals surface area contributed by atoms with Gasteiger partial charge >= 0.3 is 0 Å². The molecule has 2 aromatic carbocycles. The average molecular weight is 556 g/mol. The number of ether oxygens (including phenoxy) is 1. The van der Waals surface area contributed by atoms with Crippen molar-refractivity contribution in [3.63, 3.8) is 0 Å². The summed E-state index contributed by atoms with van der Waals surface area (Å²) in [4.78, 5) is 8.69. The van der Waals surface area contributed by atoms with Crippen LogP contribution in [0.5, 0.6) is 5.75 Å². The Bertz CT molecular complexity index is 1010. The highest BCUT2D eigenvalue weighted by Crippen LogP contribution is 2.21. The maximum Gasteiger partial charge on any atom is 0.228 e. The molecule has 1 aromatic heterocycles. The number of hydrogen-bond donors (Lipinski definition) is 2. The van der Waals surface area contributed by atoms with E-state index in [9.17, 15) is 0 Å². The molecular formula is C22H27ClIN5O2. The van der Waals surface area contributed by atoms with Gasteiger partial charge in [-0.15, -0.1) is 24.0 Å². The van der Waals surface area contributed by atoms with E-state index in [1.165, 1.54) is 5.56 Å². The molecule has 0 aliphatic heterocycles. The molecule has 0 atom stereocenters. The molecule has 166 valence electrons. The molecule has 1 heterocycles. The average Bonchev–Trinajstić information content (AvgIpc) is 3.21. The fourth-order valence-electron chi connectivity index (χ4n) is 2.89. The molecule has 0 saturated carbocycles. The lowest BCUT2D eigenvalue weighted by molar-refractivity contribution is 0.336. The zero-order chi connectivity index (χ0) is 21.3. The molecule has 0 spiro atoms. The number of aryl methyl sites for hydroxylation is 1. The molecule has 3 rings (SSSR count). The molecule has 0 aliphatic rings. The number of guanidine groups is 1. The van der Waals surface area contributed by atoms with Crippen LogP contribution < -0.4 is 15.4 Å². The molecule has 0 unspecified atom stereocenters. The summed E-state index contributed by atoms with van der Waals surface area (Å²) in [5.74, 6) is 2.65. The zero-order valence-electron chi connectivity index (χ0n) is 17.8. The first-order chi connectivity index (χ1) is 14.6. The van der Waals surface area contributed by atoms with Crippen molar-refractivity contribution in [2.75, 3.05) is 20.2 Å². The molecule has 31 heavy (non-hydrogen) atoms. The molecular weight excluding hydrogens is 529 g/mol. The molecule has 0 saturated heterocycles. The van der Waals surface area contributed by atoms with Crippen LogP contribution in [0.4, 0.5) is 0 Å². The van der Waals surface area contributed by atoms with Gasteiger partial charge in [0.1, 0.15) is 5.75 Å². The van der Waals surface area contributed by atoms with E-state index in [4.69, 9.17) is 20.9 Å². The van der Waals surface area contributed by atoms with Crippen molar-refractivity contribution < 1.29 is 9.26 Å². The summed E-state index contributed by atoms with van der Waals surface area (Å²) in [6.07, 6.45) is 0.572. The fourth-order valence-corrected chi connectivity index (χ4v) is 3.08. The molecule has 3 aromatic rings. The van der Waals surface area contributed by atoms with Gasteiger partial charge in [-0.05, 0) is 37.6 Å². The normalized spacial score (nSPS) is 11.0. The first kappa shape index (κ1) is 24.9. The summed E-state index contributed by atoms with van der Waals surface area (Å²) in [6.45, 7) is 5.87. The molecule has 0 amide bonds. The van der Waals surface area contributed by atoms with Crippen molar-refractivity contribution in [1.29, 1.82) is 0 Å². The van der Waals surface area contributed by atoms with E-state index < -0.39 is 0 Å². The number of aliphatic imine (C=N–C) groups is 1. The number of aromatic nitrogens is 2. The van der Waals surface area contributed by atoms with Crippen molar-refractivity contribution in [2.45, 2.75) is 26.8 Å². The van der Waals surface area contributed by atoms with Gasteiger partial charge in [0, 0.05) is 42.7 Å². The predicted octanol–water partition coefficient (Wildman–Crippen LogP) is 4.62. The molecule has 0 bridgehead atoms. The van der Waals surface area contributed by atoms with Gasteiger partial charge in [-0.1, -0.05) is 41.0 Å². The van der Waals surface area contributed by atoms with Gasteiger partial charge in [0.05, 0.1) is 6.61 Å². The highest BCUT2D eigenvalue weighted by Gasteiger charge is 2.10. The second kappa shape index (κ2) is 12.5. The summed E-state index contributed by atoms with van der Waals surface area (Å²) in [5, 5.41) is 11.2. The Morgan fingerprint density at radius 3 is 2.77 bits per heavy atom. The van der Waals surface area contributed by atoms with E-state index >= 15 is 0 Å². The van der Waals surface area contributed by atoms with Crippen molar-refractivity contribution in [3.05, 3.63) is 64.5 Å². The third-order valence-electron chi connectivity index (χ3n) is 4.37. The van der Waals surface area contributed by atoms with Crippen LogP contribution in [0.1, 0.15) is 23.9 Å². The number of hydrogen-bond acceptors (Lipinski definition) is 5. The third-order valence-corrected chi connectivity index (χ3v) is 4.61. The Hall–Kier alpha value is -2.33. The van der Waals surface area contributed by atoms with Crippen LogP contribution in [0, 0.1) is 6.92 Å². The number of halogens is 2. The minimum atomic E-state index is 0. The third kappa shape index (κ3) is 7.39. The maximum atomic E-state index is 6.02. The highest BCUT2D eigenvalue weighted by molar-refractivity contribution is 14.0. The first-order valence-electron chi connectivity index (χ1n) is 9.84. The minimum Gasteiger partial charge on any atom is -0.494 e. The van der Waals surface area contributed by atoms with E-state index in [2.05, 4.69) is 44.8 Å². The standard InChI is InChI=1S/C22H26ClN5O2.HI/c1-4-29-19-12-15(2)8-9-17(19)14-26-22(24-3)25-11-10-20-27-21(28-30-20)16-6-5-7-18(23)13-16;/h5-9,12-13H,4,10-11,14H2,1-3H3,(H2,24,25,26);1H. The van der Waals surface area contributed by atoms with Crippen LogP contribution in [0.3, 0.4) is 0 Å². The Morgan fingerprint density at radius 2 is 2.03 bits per heavy atom. The number of nitrogens with one attached hydrogen (secondary N) is 2. The van der Waals surface area contributed by atoms with Crippen LogP contribution in [0.25, 0.3) is 11.4 Å². The Balaban J connectivity index is 0.00000341. The van der Waals surface area contributed by atoms with Gasteiger partial charge in [0.15, 0.2) is 5.96 Å². The fraction of sp³-hybridized carbons (Fsp3) is 0.318. The maximum absolute atomic E-state index is 6.02. The van der Waals surface area contributed by atoms with Gasteiger partial charge in [-0.3, -0.25) is 4.99 Å². The molecule has 9 heteroatoms. The van der Waals surface area contributed by atoms with E-state index in [0.29, 0.717) is 48.8 Å². The lowest BCUT2D eigenvalue weighted by atomic mass is 10.1. The second-order valence-electron chi connectivity index (χ2n) is 6.67. The van der Waals surface area contributed by atoms with Gasteiger partial charge < -0.3 is 19.9 Å². The zero-order valence-corrected chi connectivity index (χ0v) is 20.9. The predicted molar refractivity (Wildman–Crippen MR) is 134 cm³/mol. The van der Waals surface area contributed by atoms with Crippen LogP contribution in [-0.4, -0.2) is 36.3 Å². The van der Waals surface area contributed by atoms with Crippen molar-refractivity contribution >= 4 is 41.5 Å². The Labute approximate surface area is 204 Å². The van der Waals surface area contributed by atoms with E-state index in [1.807, 2.05) is 37.3 Å². The van der Waals surface area contributed by atoms with Crippen molar-refractivity contribution in [2.24, 2.45) is 4.99 Å². The lowest BCUT2D eigenvalue weighted by Gasteiger charge is -2.14. The van der Waals surface area contributed by atoms with Gasteiger partial charge in [-0.2, -0.15) is 4.98 Å². The topological polar surface area (TPSA) is 84.6 Å². The largest absolute Gasteiger partial charge is 0.494 e. The highest BCUT2D eigenvalue weighted by atomic mass is 127. The SMILES string of the molecule is CCOc1cc(C)ccc1CNC(=NC)NCCc1nc(-c2cccc(Cl)c2)no1.I. The molecule has 0 aliphatic carbocycles. The second-order valence-corrected chi connectivity index (χ2v) is 7.11. The minimum absolute atomic E-state index is 0. The van der Waals surface area contributed by atoms with Crippen molar-refractivity contribution in [1.82, 2.24) is 20.8 Å². The van der Waals surface area contributed by atoms with E-state index in [0.717, 1.165) is 16.9 Å². The summed E-state index contributed by atoms with van der Waals surface area (Å²) >= 11 is 6.02. The number of rotatable bonds is 8. The smallest absolute Gasteiger partial charge is 0.228 e. The van der Waals surface area contributed by atoms with E-state index in [1.54, 1.807) is 7.05 Å². The summed E-state index contributed by atoms with van der Waals surface area (Å²) in [5.41, 5.74) is 3.07. The first-order valence-corrected chi connectivity index (χ1v) is 10.2. The van der Waals surface area contributed by atoms with Crippen LogP contribution in [0.15, 0.2) is 52.0 Å². The van der Waals surface area contributed by atoms with Gasteiger partial charge in [0.25, 0.3) is 0 Å². The molecule has 0 radical (unpaired) electrons. The number of benzene rings is 2. The van der Waals surface area contributed by atoms with Gasteiger partial charge in [0.2, 0.25) is 11.7 Å². The van der Waals surface area contributed by atoms with Crippen LogP contribution >= 0.6 is 35.6 Å². The molecule has 2 N–H and O–H groups in total. The Morgan fingerprint density at radius 1 is 1.19 bits per heavy atom. The Kier molecular flexibility index (Phi) is 10.1. The molecule has 7 nitrogen and oxygen atoms in total. The van der Waals surface area contributed by atoms with Gasteiger partial charge in [-0.25, -0.2) is 0 Å². The summed E-state index contributed by atoms with van der Waals surface area (Å²) in [7, 11) is 1.73. The molecule has 0 fully saturated rings. The lowest BCUT2D eigenvalue weighted by Crippen LogP contribution is -2.38. The number of nitrogens with zero attached hydrogens (tertiary/aromatic N) is 3. The van der Waals surface area contributed by atoms with Crippen LogP contribution in [-0.2, 0) is 13.0 Å². The quantitative estimate of drug-likeness (QED) is 0.240. The van der Waals surface area contributed by atoms with Crippen LogP contribution in [0.2, 0.25) is 5.02 Å². The van der Waals surface area contributed by atoms with Crippen molar-refractivity contribution in [3.8, 4) is 17.1 Å². The monoisotopic (exact) mass is 555 g/mol. The van der Waals surface area contributed by atoms with E-state index in [-0.39, 0.29) is 24.0 Å². The summed E-state index contributed by atoms with van der Waals surface area (Å²) in [6, 6.07) is 13.6. The summed E-state index contributed by atoms with van der Waals surface area (Å²) < 4.78 is 11.1.